The van der Waals surface area contributed by atoms with Crippen molar-refractivity contribution in [3.63, 3.8) is 0 Å². The first-order valence-corrected chi connectivity index (χ1v) is 6.92. The third kappa shape index (κ3) is 2.64. The molecule has 1 aromatic heterocycles. The van der Waals surface area contributed by atoms with Crippen LogP contribution in [-0.4, -0.2) is 28.9 Å². The van der Waals surface area contributed by atoms with Gasteiger partial charge in [0.1, 0.15) is 18.8 Å². The molecule has 6 nitrogen and oxygen atoms in total. The minimum Gasteiger partial charge on any atom is -0.486 e. The zero-order valence-corrected chi connectivity index (χ0v) is 12.1. The molecule has 0 fully saturated rings. The zero-order chi connectivity index (χ0) is 16.4. The van der Waals surface area contributed by atoms with E-state index in [1.807, 2.05) is 0 Å². The number of rotatable bonds is 3. The molecule has 3 rings (SSSR count). The normalized spacial score (nSPS) is 12.5. The lowest BCUT2D eigenvalue weighted by Crippen LogP contribution is -2.27. The van der Waals surface area contributed by atoms with Crippen molar-refractivity contribution in [2.75, 3.05) is 13.2 Å². The molecule has 0 bridgehead atoms. The van der Waals surface area contributed by atoms with E-state index in [4.69, 9.17) is 21.0 Å². The second-order valence-electron chi connectivity index (χ2n) is 4.89. The summed E-state index contributed by atoms with van der Waals surface area (Å²) in [5.41, 5.74) is 0.262. The Kier molecular flexibility index (Phi) is 3.77. The highest BCUT2D eigenvalue weighted by atomic mass is 16.6. The van der Waals surface area contributed by atoms with E-state index in [0.29, 0.717) is 36.0 Å². The summed E-state index contributed by atoms with van der Waals surface area (Å²) in [5.74, 6) is 2.31. The Balaban J connectivity index is 2.16. The summed E-state index contributed by atoms with van der Waals surface area (Å²) in [6, 6.07) is 8.11. The molecule has 0 spiro atoms. The molecular formula is C17H13NO5. The number of benzene rings is 1. The highest BCUT2D eigenvalue weighted by molar-refractivity contribution is 5.87. The molecule has 2 heterocycles. The van der Waals surface area contributed by atoms with Gasteiger partial charge in [-0.15, -0.1) is 6.42 Å². The number of hydrogen-bond donors (Lipinski definition) is 1. The largest absolute Gasteiger partial charge is 0.486 e. The van der Waals surface area contributed by atoms with Crippen molar-refractivity contribution in [1.29, 1.82) is 0 Å². The number of aromatic carboxylic acids is 1. The second kappa shape index (κ2) is 5.89. The average molecular weight is 311 g/mol. The first-order chi connectivity index (χ1) is 11.1. The first-order valence-electron chi connectivity index (χ1n) is 6.92. The highest BCUT2D eigenvalue weighted by Crippen LogP contribution is 2.34. The summed E-state index contributed by atoms with van der Waals surface area (Å²) >= 11 is 0. The van der Waals surface area contributed by atoms with Crippen molar-refractivity contribution in [2.45, 2.75) is 6.54 Å². The van der Waals surface area contributed by atoms with Gasteiger partial charge in [-0.05, 0) is 30.3 Å². The number of terminal acetylenes is 1. The van der Waals surface area contributed by atoms with Gasteiger partial charge in [0, 0.05) is 5.56 Å². The lowest BCUT2D eigenvalue weighted by Gasteiger charge is -2.19. The van der Waals surface area contributed by atoms with E-state index in [1.54, 1.807) is 24.3 Å². The van der Waals surface area contributed by atoms with Crippen LogP contribution in [0.15, 0.2) is 35.1 Å². The Morgan fingerprint density at radius 1 is 1.22 bits per heavy atom. The minimum atomic E-state index is -1.28. The molecule has 1 N–H and O–H groups in total. The Hall–Kier alpha value is -3.20. The summed E-state index contributed by atoms with van der Waals surface area (Å²) in [5, 5.41) is 9.08. The number of carboxylic acids is 1. The van der Waals surface area contributed by atoms with Crippen LogP contribution in [0.5, 0.6) is 11.5 Å². The molecule has 0 amide bonds. The van der Waals surface area contributed by atoms with Crippen LogP contribution in [0.1, 0.15) is 10.4 Å². The van der Waals surface area contributed by atoms with Crippen LogP contribution in [0.25, 0.3) is 11.3 Å². The van der Waals surface area contributed by atoms with Crippen molar-refractivity contribution in [1.82, 2.24) is 4.57 Å². The molecule has 0 aliphatic carbocycles. The number of ether oxygens (including phenoxy) is 2. The number of hydrogen-bond acceptors (Lipinski definition) is 4. The highest BCUT2D eigenvalue weighted by Gasteiger charge is 2.17. The molecule has 2 aromatic rings. The van der Waals surface area contributed by atoms with Crippen molar-refractivity contribution in [3.05, 3.63) is 46.2 Å². The van der Waals surface area contributed by atoms with Crippen molar-refractivity contribution in [2.24, 2.45) is 0 Å². The van der Waals surface area contributed by atoms with Crippen LogP contribution in [0.3, 0.4) is 0 Å². The fourth-order valence-electron chi connectivity index (χ4n) is 2.44. The Labute approximate surface area is 131 Å². The fraction of sp³-hybridized carbons (Fsp3) is 0.176. The van der Waals surface area contributed by atoms with Crippen LogP contribution < -0.4 is 15.0 Å². The summed E-state index contributed by atoms with van der Waals surface area (Å²) in [7, 11) is 0. The molecular weight excluding hydrogens is 298 g/mol. The van der Waals surface area contributed by atoms with Crippen LogP contribution in [0.4, 0.5) is 0 Å². The van der Waals surface area contributed by atoms with E-state index in [9.17, 15) is 9.59 Å². The van der Waals surface area contributed by atoms with Crippen molar-refractivity contribution >= 4 is 5.97 Å². The summed E-state index contributed by atoms with van der Waals surface area (Å²) in [4.78, 5) is 23.4. The zero-order valence-electron chi connectivity index (χ0n) is 12.1. The third-order valence-corrected chi connectivity index (χ3v) is 3.49. The van der Waals surface area contributed by atoms with E-state index in [0.717, 1.165) is 0 Å². The molecule has 0 saturated heterocycles. The van der Waals surface area contributed by atoms with E-state index < -0.39 is 11.5 Å². The standard InChI is InChI=1S/C17H13NO5/c1-2-7-18-13(5-4-12(16(18)19)17(20)21)11-3-6-14-15(10-11)23-9-8-22-14/h1,3-6,10H,7-9H2,(H,20,21). The van der Waals surface area contributed by atoms with Crippen LogP contribution >= 0.6 is 0 Å². The maximum atomic E-state index is 12.3. The minimum absolute atomic E-state index is 0.0241. The number of carbonyl (C=O) groups is 1. The van der Waals surface area contributed by atoms with Crippen molar-refractivity contribution < 1.29 is 19.4 Å². The van der Waals surface area contributed by atoms with Gasteiger partial charge in [-0.1, -0.05) is 5.92 Å². The smallest absolute Gasteiger partial charge is 0.341 e. The fourth-order valence-corrected chi connectivity index (χ4v) is 2.44. The molecule has 0 atom stereocenters. The lowest BCUT2D eigenvalue weighted by atomic mass is 10.1. The van der Waals surface area contributed by atoms with Gasteiger partial charge >= 0.3 is 5.97 Å². The topological polar surface area (TPSA) is 77.8 Å². The number of pyridine rings is 1. The van der Waals surface area contributed by atoms with Gasteiger partial charge in [0.15, 0.2) is 11.5 Å². The molecule has 0 radical (unpaired) electrons. The predicted octanol–water partition coefficient (Wildman–Crippen LogP) is 1.62. The Morgan fingerprint density at radius 2 is 1.96 bits per heavy atom. The summed E-state index contributed by atoms with van der Waals surface area (Å²) in [6.45, 7) is 0.913. The van der Waals surface area contributed by atoms with Gasteiger partial charge in [-0.3, -0.25) is 9.36 Å². The predicted molar refractivity (Wildman–Crippen MR) is 82.9 cm³/mol. The molecule has 0 unspecified atom stereocenters. The average Bonchev–Trinajstić information content (AvgIpc) is 2.56. The van der Waals surface area contributed by atoms with Gasteiger partial charge in [-0.2, -0.15) is 0 Å². The number of fused-ring (bicyclic) bond motifs is 1. The molecule has 1 aliphatic rings. The maximum absolute atomic E-state index is 12.3. The summed E-state index contributed by atoms with van der Waals surface area (Å²) in [6.07, 6.45) is 5.31. The Bertz CT molecular complexity index is 876. The number of carboxylic acid groups (broad SMARTS) is 1. The van der Waals surface area contributed by atoms with E-state index in [2.05, 4.69) is 5.92 Å². The second-order valence-corrected chi connectivity index (χ2v) is 4.89. The summed E-state index contributed by atoms with van der Waals surface area (Å²) < 4.78 is 12.3. The molecule has 1 aliphatic heterocycles. The maximum Gasteiger partial charge on any atom is 0.341 e. The van der Waals surface area contributed by atoms with Gasteiger partial charge in [-0.25, -0.2) is 4.79 Å². The molecule has 1 aromatic carbocycles. The number of aromatic nitrogens is 1. The third-order valence-electron chi connectivity index (χ3n) is 3.49. The van der Waals surface area contributed by atoms with Crippen LogP contribution in [0.2, 0.25) is 0 Å². The number of nitrogens with zero attached hydrogens (tertiary/aromatic N) is 1. The van der Waals surface area contributed by atoms with Gasteiger partial charge in [0.25, 0.3) is 5.56 Å². The Morgan fingerprint density at radius 3 is 2.65 bits per heavy atom. The molecule has 0 saturated carbocycles. The van der Waals surface area contributed by atoms with Crippen LogP contribution in [0, 0.1) is 12.3 Å². The quantitative estimate of drug-likeness (QED) is 0.872. The van der Waals surface area contributed by atoms with Gasteiger partial charge < -0.3 is 14.6 Å². The van der Waals surface area contributed by atoms with Gasteiger partial charge in [0.2, 0.25) is 0 Å². The van der Waals surface area contributed by atoms with E-state index in [1.165, 1.54) is 10.6 Å². The monoisotopic (exact) mass is 311 g/mol. The van der Waals surface area contributed by atoms with E-state index in [-0.39, 0.29) is 12.1 Å². The molecule has 6 heteroatoms. The molecule has 23 heavy (non-hydrogen) atoms. The van der Waals surface area contributed by atoms with Crippen LogP contribution in [-0.2, 0) is 6.54 Å². The lowest BCUT2D eigenvalue weighted by molar-refractivity contribution is 0.0694. The van der Waals surface area contributed by atoms with E-state index >= 15 is 0 Å². The first kappa shape index (κ1) is 14.7. The SMILES string of the molecule is C#CCn1c(-c2ccc3c(c2)OCCO3)ccc(C(=O)O)c1=O. The van der Waals surface area contributed by atoms with Gasteiger partial charge in [0.05, 0.1) is 12.2 Å². The van der Waals surface area contributed by atoms with Crippen molar-refractivity contribution in [3.8, 4) is 35.1 Å². The molecule has 116 valence electrons.